The number of carbonyl (C=O) groups is 1. The third kappa shape index (κ3) is 4.44. The molecule has 1 amide bonds. The van der Waals surface area contributed by atoms with Crippen LogP contribution in [0.15, 0.2) is 5.38 Å². The van der Waals surface area contributed by atoms with Gasteiger partial charge in [-0.1, -0.05) is 13.8 Å². The zero-order valence-corrected chi connectivity index (χ0v) is 11.4. The molecule has 1 rings (SSSR count). The second-order valence-corrected chi connectivity index (χ2v) is 5.62. The maximum atomic E-state index is 11.7. The van der Waals surface area contributed by atoms with Crippen LogP contribution in [0.25, 0.3) is 0 Å². The number of hydrogen-bond acceptors (Lipinski definition) is 4. The van der Waals surface area contributed by atoms with Crippen LogP contribution < -0.4 is 5.32 Å². The molecular weight excluding hydrogens is 236 g/mol. The number of aromatic nitrogens is 1. The highest BCUT2D eigenvalue weighted by molar-refractivity contribution is 7.03. The lowest BCUT2D eigenvalue weighted by Crippen LogP contribution is -2.26. The van der Waals surface area contributed by atoms with E-state index in [2.05, 4.69) is 9.69 Å². The molecule has 2 N–H and O–H groups in total. The Morgan fingerprint density at radius 1 is 1.59 bits per heavy atom. The first-order chi connectivity index (χ1) is 7.96. The minimum absolute atomic E-state index is 0.0574. The Morgan fingerprint density at radius 3 is 2.82 bits per heavy atom. The fraction of sp³-hybridized carbons (Fsp3) is 0.667. The topological polar surface area (TPSA) is 62.2 Å². The summed E-state index contributed by atoms with van der Waals surface area (Å²) >= 11 is 1.30. The number of aryl methyl sites for hydroxylation is 1. The summed E-state index contributed by atoms with van der Waals surface area (Å²) in [5, 5.41) is 13.7. The van der Waals surface area contributed by atoms with E-state index in [1.807, 2.05) is 20.8 Å². The van der Waals surface area contributed by atoms with Crippen LogP contribution in [0.5, 0.6) is 0 Å². The summed E-state index contributed by atoms with van der Waals surface area (Å²) in [4.78, 5) is 11.7. The van der Waals surface area contributed by atoms with Crippen LogP contribution in [0.1, 0.15) is 42.7 Å². The lowest BCUT2D eigenvalue weighted by atomic mass is 9.89. The second kappa shape index (κ2) is 6.12. The molecule has 0 saturated carbocycles. The molecule has 0 spiro atoms. The Balaban J connectivity index is 2.29. The zero-order valence-electron chi connectivity index (χ0n) is 10.6. The highest BCUT2D eigenvalue weighted by Gasteiger charge is 2.16. The van der Waals surface area contributed by atoms with E-state index in [0.29, 0.717) is 12.1 Å². The van der Waals surface area contributed by atoms with Crippen molar-refractivity contribution in [2.75, 3.05) is 13.2 Å². The van der Waals surface area contributed by atoms with Gasteiger partial charge in [-0.3, -0.25) is 4.79 Å². The Hall–Kier alpha value is -0.940. The highest BCUT2D eigenvalue weighted by atomic mass is 32.1. The molecule has 17 heavy (non-hydrogen) atoms. The van der Waals surface area contributed by atoms with Crippen molar-refractivity contribution < 1.29 is 9.90 Å². The first-order valence-electron chi connectivity index (χ1n) is 5.76. The van der Waals surface area contributed by atoms with Crippen molar-refractivity contribution in [1.29, 1.82) is 0 Å². The van der Waals surface area contributed by atoms with Gasteiger partial charge in [0.25, 0.3) is 5.91 Å². The van der Waals surface area contributed by atoms with E-state index in [1.165, 1.54) is 11.5 Å². The Morgan fingerprint density at radius 2 is 2.29 bits per heavy atom. The standard InChI is InChI=1S/C12H20N2O2S/c1-9-10(7-17-14-9)11(16)13-6-4-5-12(2,3)8-15/h7,15H,4-6,8H2,1-3H3,(H,13,16). The molecule has 0 aromatic carbocycles. The van der Waals surface area contributed by atoms with Crippen molar-refractivity contribution in [3.63, 3.8) is 0 Å². The van der Waals surface area contributed by atoms with Gasteiger partial charge in [-0.05, 0) is 36.7 Å². The van der Waals surface area contributed by atoms with Gasteiger partial charge in [0.05, 0.1) is 11.3 Å². The quantitative estimate of drug-likeness (QED) is 0.765. The molecule has 0 bridgehead atoms. The number of aliphatic hydroxyl groups excluding tert-OH is 1. The maximum absolute atomic E-state index is 11.7. The first kappa shape index (κ1) is 14.1. The fourth-order valence-corrected chi connectivity index (χ4v) is 2.15. The number of rotatable bonds is 6. The van der Waals surface area contributed by atoms with Crippen molar-refractivity contribution in [2.45, 2.75) is 33.6 Å². The van der Waals surface area contributed by atoms with Crippen LogP contribution in [-0.2, 0) is 0 Å². The van der Waals surface area contributed by atoms with Crippen LogP contribution in [0.4, 0.5) is 0 Å². The van der Waals surface area contributed by atoms with E-state index in [9.17, 15) is 4.79 Å². The summed E-state index contributed by atoms with van der Waals surface area (Å²) < 4.78 is 4.07. The molecule has 0 aliphatic rings. The predicted octanol–water partition coefficient (Wildman–Crippen LogP) is 1.98. The molecule has 1 heterocycles. The van der Waals surface area contributed by atoms with Crippen molar-refractivity contribution >= 4 is 17.4 Å². The number of amides is 1. The van der Waals surface area contributed by atoms with Crippen molar-refractivity contribution in [3.05, 3.63) is 16.6 Å². The molecule has 0 aliphatic carbocycles. The van der Waals surface area contributed by atoms with Crippen LogP contribution in [-0.4, -0.2) is 28.5 Å². The third-order valence-electron chi connectivity index (χ3n) is 2.74. The third-order valence-corrected chi connectivity index (χ3v) is 3.46. The normalized spacial score (nSPS) is 11.5. The van der Waals surface area contributed by atoms with Crippen LogP contribution in [0.3, 0.4) is 0 Å². The van der Waals surface area contributed by atoms with Crippen molar-refractivity contribution in [3.8, 4) is 0 Å². The monoisotopic (exact) mass is 256 g/mol. The SMILES string of the molecule is Cc1nscc1C(=O)NCCCC(C)(C)CO. The first-order valence-corrected chi connectivity index (χ1v) is 6.60. The largest absolute Gasteiger partial charge is 0.396 e. The predicted molar refractivity (Wildman–Crippen MR) is 69.3 cm³/mol. The van der Waals surface area contributed by atoms with E-state index < -0.39 is 0 Å². The summed E-state index contributed by atoms with van der Waals surface area (Å²) in [5.41, 5.74) is 1.38. The average Bonchev–Trinajstić information content (AvgIpc) is 2.71. The van der Waals surface area contributed by atoms with Gasteiger partial charge in [0.2, 0.25) is 0 Å². The van der Waals surface area contributed by atoms with Crippen LogP contribution in [0.2, 0.25) is 0 Å². The van der Waals surface area contributed by atoms with Gasteiger partial charge >= 0.3 is 0 Å². The molecule has 0 radical (unpaired) electrons. The average molecular weight is 256 g/mol. The summed E-state index contributed by atoms with van der Waals surface area (Å²) in [7, 11) is 0. The van der Waals surface area contributed by atoms with Crippen LogP contribution in [0, 0.1) is 12.3 Å². The molecule has 96 valence electrons. The molecule has 0 fully saturated rings. The minimum Gasteiger partial charge on any atom is -0.396 e. The van der Waals surface area contributed by atoms with E-state index in [1.54, 1.807) is 5.38 Å². The number of carbonyl (C=O) groups excluding carboxylic acids is 1. The smallest absolute Gasteiger partial charge is 0.254 e. The van der Waals surface area contributed by atoms with Crippen molar-refractivity contribution in [1.82, 2.24) is 9.69 Å². The molecule has 0 atom stereocenters. The number of nitrogens with zero attached hydrogens (tertiary/aromatic N) is 1. The summed E-state index contributed by atoms with van der Waals surface area (Å²) in [6.45, 7) is 6.68. The van der Waals surface area contributed by atoms with Gasteiger partial charge in [-0.2, -0.15) is 4.37 Å². The lowest BCUT2D eigenvalue weighted by Gasteiger charge is -2.21. The molecule has 0 aliphatic heterocycles. The second-order valence-electron chi connectivity index (χ2n) is 5.00. The Kier molecular flexibility index (Phi) is 5.08. The fourth-order valence-electron chi connectivity index (χ4n) is 1.45. The number of aliphatic hydroxyl groups is 1. The molecule has 0 unspecified atom stereocenters. The van der Waals surface area contributed by atoms with Gasteiger partial charge in [-0.15, -0.1) is 0 Å². The van der Waals surface area contributed by atoms with Crippen LogP contribution >= 0.6 is 11.5 Å². The molecule has 4 nitrogen and oxygen atoms in total. The zero-order chi connectivity index (χ0) is 12.9. The number of nitrogens with one attached hydrogen (secondary N) is 1. The Labute approximate surface area is 106 Å². The highest BCUT2D eigenvalue weighted by Crippen LogP contribution is 2.20. The number of hydrogen-bond donors (Lipinski definition) is 2. The molecule has 1 aromatic rings. The van der Waals surface area contributed by atoms with E-state index >= 15 is 0 Å². The van der Waals surface area contributed by atoms with Crippen molar-refractivity contribution in [2.24, 2.45) is 5.41 Å². The van der Waals surface area contributed by atoms with E-state index in [-0.39, 0.29) is 17.9 Å². The Bertz CT molecular complexity index is 374. The summed E-state index contributed by atoms with van der Waals surface area (Å²) in [6.07, 6.45) is 1.76. The molecule has 5 heteroatoms. The summed E-state index contributed by atoms with van der Waals surface area (Å²) in [6, 6.07) is 0. The summed E-state index contributed by atoms with van der Waals surface area (Å²) in [5.74, 6) is -0.0574. The van der Waals surface area contributed by atoms with Gasteiger partial charge in [0, 0.05) is 18.5 Å². The minimum atomic E-state index is -0.0649. The van der Waals surface area contributed by atoms with Gasteiger partial charge in [0.15, 0.2) is 0 Å². The van der Waals surface area contributed by atoms with Gasteiger partial charge in [0.1, 0.15) is 0 Å². The maximum Gasteiger partial charge on any atom is 0.254 e. The molecular formula is C12H20N2O2S. The van der Waals surface area contributed by atoms with E-state index in [0.717, 1.165) is 18.5 Å². The molecule has 1 aromatic heterocycles. The van der Waals surface area contributed by atoms with E-state index in [4.69, 9.17) is 5.11 Å². The molecule has 0 saturated heterocycles. The van der Waals surface area contributed by atoms with Gasteiger partial charge < -0.3 is 10.4 Å². The van der Waals surface area contributed by atoms with Gasteiger partial charge in [-0.25, -0.2) is 0 Å². The lowest BCUT2D eigenvalue weighted by molar-refractivity contribution is 0.0948.